The molecule has 5 nitrogen and oxygen atoms in total. The van der Waals surface area contributed by atoms with Crippen LogP contribution in [-0.2, 0) is 16.1 Å². The Labute approximate surface area is 163 Å². The normalized spacial score (nSPS) is 29.6. The first-order chi connectivity index (χ1) is 13.0. The van der Waals surface area contributed by atoms with E-state index in [1.165, 1.54) is 0 Å². The minimum absolute atomic E-state index is 0.247. The highest BCUT2D eigenvalue weighted by Crippen LogP contribution is 2.51. The maximum absolute atomic E-state index is 13.2. The second kappa shape index (κ2) is 7.13. The fourth-order valence-corrected chi connectivity index (χ4v) is 5.04. The molecule has 1 saturated carbocycles. The summed E-state index contributed by atoms with van der Waals surface area (Å²) in [6, 6.07) is 7.68. The average Bonchev–Trinajstić information content (AvgIpc) is 2.96. The first-order valence-electron chi connectivity index (χ1n) is 9.39. The van der Waals surface area contributed by atoms with Gasteiger partial charge in [-0.2, -0.15) is 0 Å². The van der Waals surface area contributed by atoms with Crippen molar-refractivity contribution < 1.29 is 14.8 Å². The van der Waals surface area contributed by atoms with E-state index in [0.29, 0.717) is 17.1 Å². The van der Waals surface area contributed by atoms with Gasteiger partial charge in [-0.05, 0) is 55.2 Å². The fourth-order valence-electron chi connectivity index (χ4n) is 4.83. The van der Waals surface area contributed by atoms with Gasteiger partial charge in [0, 0.05) is 23.7 Å². The van der Waals surface area contributed by atoms with Crippen molar-refractivity contribution in [2.24, 2.45) is 17.3 Å². The molecule has 1 aliphatic heterocycles. The number of hydrogen-bond donors (Lipinski definition) is 2. The zero-order valence-corrected chi connectivity index (χ0v) is 15.8. The van der Waals surface area contributed by atoms with E-state index in [4.69, 9.17) is 16.8 Å². The lowest BCUT2D eigenvalue weighted by molar-refractivity contribution is -0.139. The molecule has 2 amide bonds. The molecular weight excluding hydrogens is 364 g/mol. The lowest BCUT2D eigenvalue weighted by Crippen LogP contribution is -2.40. The van der Waals surface area contributed by atoms with Crippen molar-refractivity contribution in [1.82, 2.24) is 10.4 Å². The summed E-state index contributed by atoms with van der Waals surface area (Å²) < 4.78 is 0. The van der Waals surface area contributed by atoms with Crippen molar-refractivity contribution in [3.8, 4) is 0 Å². The quantitative estimate of drug-likeness (QED) is 0.617. The van der Waals surface area contributed by atoms with Crippen molar-refractivity contribution in [2.45, 2.75) is 32.2 Å². The predicted molar refractivity (Wildman–Crippen MR) is 102 cm³/mol. The Hall–Kier alpha value is -2.11. The van der Waals surface area contributed by atoms with E-state index in [9.17, 15) is 9.59 Å². The number of hydrogen-bond acceptors (Lipinski definition) is 3. The smallest absolute Gasteiger partial charge is 0.274 e. The maximum atomic E-state index is 13.2. The minimum atomic E-state index is -0.477. The third-order valence-corrected chi connectivity index (χ3v) is 6.51. The number of carbonyl (C=O) groups excluding carboxylic acids is 2. The van der Waals surface area contributed by atoms with Crippen LogP contribution in [0.4, 0.5) is 0 Å². The molecule has 1 spiro atoms. The van der Waals surface area contributed by atoms with E-state index in [1.807, 2.05) is 41.3 Å². The number of likely N-dealkylation sites (tertiary alicyclic amines) is 1. The number of nitrogens with one attached hydrogen (secondary N) is 1. The minimum Gasteiger partial charge on any atom is -0.338 e. The second-order valence-electron chi connectivity index (χ2n) is 7.88. The molecule has 1 heterocycles. The molecule has 0 radical (unpaired) electrons. The number of allylic oxidation sites excluding steroid dienone is 2. The highest BCUT2D eigenvalue weighted by Gasteiger charge is 2.50. The summed E-state index contributed by atoms with van der Waals surface area (Å²) in [5.74, 6) is 0.290. The zero-order valence-electron chi connectivity index (χ0n) is 15.0. The highest BCUT2D eigenvalue weighted by atomic mass is 35.5. The lowest BCUT2D eigenvalue weighted by atomic mass is 9.63. The number of halogens is 1. The molecule has 4 rings (SSSR count). The second-order valence-corrected chi connectivity index (χ2v) is 8.32. The van der Waals surface area contributed by atoms with Gasteiger partial charge in [0.2, 0.25) is 5.91 Å². The summed E-state index contributed by atoms with van der Waals surface area (Å²) >= 11 is 6.07. The number of nitrogens with zero attached hydrogens (tertiary/aromatic N) is 1. The molecule has 2 N–H and O–H groups in total. The summed E-state index contributed by atoms with van der Waals surface area (Å²) in [5, 5.41) is 9.51. The van der Waals surface area contributed by atoms with Crippen LogP contribution in [0.3, 0.4) is 0 Å². The topological polar surface area (TPSA) is 69.6 Å². The van der Waals surface area contributed by atoms with E-state index >= 15 is 0 Å². The molecule has 0 aromatic heterocycles. The molecule has 0 bridgehead atoms. The zero-order chi connectivity index (χ0) is 19.0. The van der Waals surface area contributed by atoms with Crippen molar-refractivity contribution in [3.63, 3.8) is 0 Å². The number of hydroxylamine groups is 1. The van der Waals surface area contributed by atoms with Gasteiger partial charge in [-0.1, -0.05) is 42.0 Å². The Morgan fingerprint density at radius 1 is 1.33 bits per heavy atom. The van der Waals surface area contributed by atoms with Crippen LogP contribution < -0.4 is 5.48 Å². The van der Waals surface area contributed by atoms with Crippen LogP contribution in [0.25, 0.3) is 0 Å². The van der Waals surface area contributed by atoms with E-state index in [0.717, 1.165) is 37.8 Å². The molecule has 6 heteroatoms. The number of fused-ring (bicyclic) bond motifs is 1. The van der Waals surface area contributed by atoms with Gasteiger partial charge in [-0.3, -0.25) is 14.8 Å². The molecule has 2 aliphatic carbocycles. The van der Waals surface area contributed by atoms with E-state index in [1.54, 1.807) is 11.6 Å². The molecule has 2 fully saturated rings. The van der Waals surface area contributed by atoms with Crippen molar-refractivity contribution >= 4 is 23.4 Å². The van der Waals surface area contributed by atoms with Gasteiger partial charge >= 0.3 is 0 Å². The highest BCUT2D eigenvalue weighted by molar-refractivity contribution is 6.30. The Kier molecular flexibility index (Phi) is 4.82. The van der Waals surface area contributed by atoms with Gasteiger partial charge in [0.05, 0.1) is 5.41 Å². The van der Waals surface area contributed by atoms with E-state index in [-0.39, 0.29) is 23.2 Å². The fraction of sp³-hybridized carbons (Fsp3) is 0.429. The van der Waals surface area contributed by atoms with Crippen LogP contribution in [0.1, 0.15) is 31.2 Å². The Bertz CT molecular complexity index is 834. The third kappa shape index (κ3) is 3.42. The van der Waals surface area contributed by atoms with Crippen LogP contribution in [0.2, 0.25) is 5.02 Å². The SMILES string of the molecule is O=C(NO)C1=CC2CC[C@]3(CCN(Cc4cccc(Cl)c4)C3=O)CC2C=C1. The Balaban J connectivity index is 1.45. The monoisotopic (exact) mass is 386 g/mol. The molecule has 142 valence electrons. The number of carbonyl (C=O) groups is 2. The summed E-state index contributed by atoms with van der Waals surface area (Å²) in [6.07, 6.45) is 9.16. The summed E-state index contributed by atoms with van der Waals surface area (Å²) in [4.78, 5) is 26.8. The Morgan fingerprint density at radius 3 is 2.96 bits per heavy atom. The molecule has 1 saturated heterocycles. The van der Waals surface area contributed by atoms with Crippen LogP contribution in [0, 0.1) is 17.3 Å². The molecular formula is C21H23ClN2O3. The molecule has 3 aliphatic rings. The van der Waals surface area contributed by atoms with Crippen LogP contribution in [-0.4, -0.2) is 28.5 Å². The summed E-state index contributed by atoms with van der Waals surface area (Å²) in [6.45, 7) is 1.38. The third-order valence-electron chi connectivity index (χ3n) is 6.28. The standard InChI is InChI=1S/C21H23ClN2O3/c22-18-3-1-2-14(10-18)13-24-9-8-21(20(24)26)7-6-15-11-16(19(25)23-27)4-5-17(15)12-21/h1-5,10-11,15,17,27H,6-9,12-13H2,(H,23,25)/t15?,17?,21-/m0/s1. The first kappa shape index (κ1) is 18.3. The van der Waals surface area contributed by atoms with Gasteiger partial charge in [0.25, 0.3) is 5.91 Å². The Morgan fingerprint density at radius 2 is 2.19 bits per heavy atom. The van der Waals surface area contributed by atoms with Gasteiger partial charge in [-0.25, -0.2) is 5.48 Å². The lowest BCUT2D eigenvalue weighted by Gasteiger charge is -2.40. The number of rotatable bonds is 3. The van der Waals surface area contributed by atoms with Crippen molar-refractivity contribution in [2.75, 3.05) is 6.54 Å². The summed E-state index contributed by atoms with van der Waals surface area (Å²) in [5.41, 5.74) is 2.96. The number of amides is 2. The van der Waals surface area contributed by atoms with Crippen LogP contribution in [0.15, 0.2) is 48.1 Å². The molecule has 1 aromatic carbocycles. The predicted octanol–water partition coefficient (Wildman–Crippen LogP) is 3.48. The van der Waals surface area contributed by atoms with Crippen molar-refractivity contribution in [3.05, 3.63) is 58.7 Å². The molecule has 2 unspecified atom stereocenters. The van der Waals surface area contributed by atoms with Gasteiger partial charge in [0.1, 0.15) is 0 Å². The van der Waals surface area contributed by atoms with Crippen LogP contribution in [0.5, 0.6) is 0 Å². The van der Waals surface area contributed by atoms with Gasteiger partial charge in [0.15, 0.2) is 0 Å². The average molecular weight is 387 g/mol. The summed E-state index contributed by atoms with van der Waals surface area (Å²) in [7, 11) is 0. The van der Waals surface area contributed by atoms with Crippen LogP contribution >= 0.6 is 11.6 Å². The van der Waals surface area contributed by atoms with E-state index < -0.39 is 5.91 Å². The molecule has 1 aromatic rings. The molecule has 27 heavy (non-hydrogen) atoms. The first-order valence-corrected chi connectivity index (χ1v) is 9.77. The van der Waals surface area contributed by atoms with E-state index in [2.05, 4.69) is 0 Å². The maximum Gasteiger partial charge on any atom is 0.274 e. The van der Waals surface area contributed by atoms with Gasteiger partial charge < -0.3 is 4.90 Å². The largest absolute Gasteiger partial charge is 0.338 e. The van der Waals surface area contributed by atoms with Crippen molar-refractivity contribution in [1.29, 1.82) is 0 Å². The van der Waals surface area contributed by atoms with Gasteiger partial charge in [-0.15, -0.1) is 0 Å². The number of benzene rings is 1. The molecule has 3 atom stereocenters.